The molecule has 2 nitrogen and oxygen atoms in total. The van der Waals surface area contributed by atoms with Crippen LogP contribution in [0.5, 0.6) is 0 Å². The molecule has 2 rings (SSSR count). The fraction of sp³-hybridized carbons (Fsp3) is 0.600. The van der Waals surface area contributed by atoms with Crippen molar-refractivity contribution in [3.05, 3.63) is 34.1 Å². The number of nitrogens with one attached hydrogen (secondary N) is 1. The molecular formula is C15H23BrClFN2. The van der Waals surface area contributed by atoms with Gasteiger partial charge in [-0.15, -0.1) is 12.4 Å². The van der Waals surface area contributed by atoms with Gasteiger partial charge in [-0.3, -0.25) is 4.90 Å². The quantitative estimate of drug-likeness (QED) is 0.843. The van der Waals surface area contributed by atoms with Crippen LogP contribution in [0, 0.1) is 5.82 Å². The summed E-state index contributed by atoms with van der Waals surface area (Å²) in [6.07, 6.45) is 3.47. The molecule has 1 aromatic rings. The molecule has 1 aliphatic heterocycles. The van der Waals surface area contributed by atoms with Crippen LogP contribution in [0.2, 0.25) is 0 Å². The zero-order chi connectivity index (χ0) is 13.7. The van der Waals surface area contributed by atoms with Crippen LogP contribution in [0.4, 0.5) is 4.39 Å². The van der Waals surface area contributed by atoms with Gasteiger partial charge in [0.05, 0.1) is 0 Å². The molecule has 1 saturated heterocycles. The van der Waals surface area contributed by atoms with Crippen LogP contribution in [0.15, 0.2) is 22.7 Å². The molecule has 0 unspecified atom stereocenters. The molecule has 0 aliphatic carbocycles. The summed E-state index contributed by atoms with van der Waals surface area (Å²) >= 11 is 3.40. The number of unbranched alkanes of at least 4 members (excludes halogenated alkanes) is 1. The van der Waals surface area contributed by atoms with Gasteiger partial charge in [-0.1, -0.05) is 35.7 Å². The summed E-state index contributed by atoms with van der Waals surface area (Å²) in [5.74, 6) is -0.152. The molecule has 1 aromatic carbocycles. The van der Waals surface area contributed by atoms with Crippen LogP contribution in [0.1, 0.15) is 37.8 Å². The first kappa shape index (κ1) is 17.9. The van der Waals surface area contributed by atoms with Crippen LogP contribution in [-0.2, 0) is 0 Å². The second-order valence-corrected chi connectivity index (χ2v) is 6.06. The molecule has 0 saturated carbocycles. The smallest absolute Gasteiger partial charge is 0.124 e. The third kappa shape index (κ3) is 4.99. The first-order chi connectivity index (χ1) is 9.20. The summed E-state index contributed by atoms with van der Waals surface area (Å²) < 4.78 is 14.4. The molecule has 5 heteroatoms. The summed E-state index contributed by atoms with van der Waals surface area (Å²) in [7, 11) is 0. The fourth-order valence-electron chi connectivity index (χ4n) is 2.72. The number of hydrogen-bond acceptors (Lipinski definition) is 2. The highest BCUT2D eigenvalue weighted by Gasteiger charge is 2.22. The Kier molecular flexibility index (Phi) is 8.03. The second-order valence-electron chi connectivity index (χ2n) is 5.15. The molecule has 114 valence electrons. The average Bonchev–Trinajstić information content (AvgIpc) is 2.39. The number of nitrogens with zero attached hydrogens (tertiary/aromatic N) is 1. The maximum absolute atomic E-state index is 13.6. The molecule has 1 atom stereocenters. The first-order valence-electron chi connectivity index (χ1n) is 7.11. The highest BCUT2D eigenvalue weighted by atomic mass is 79.9. The lowest BCUT2D eigenvalue weighted by atomic mass is 9.98. The van der Waals surface area contributed by atoms with E-state index in [1.54, 1.807) is 6.07 Å². The number of piperazine rings is 1. The Labute approximate surface area is 135 Å². The lowest BCUT2D eigenvalue weighted by molar-refractivity contribution is 0.163. The predicted octanol–water partition coefficient (Wildman–Crippen LogP) is 4.15. The summed E-state index contributed by atoms with van der Waals surface area (Å²) in [5.41, 5.74) is 1.10. The van der Waals surface area contributed by atoms with Gasteiger partial charge in [0.15, 0.2) is 0 Å². The van der Waals surface area contributed by atoms with Gasteiger partial charge < -0.3 is 5.32 Å². The second kappa shape index (κ2) is 8.98. The van der Waals surface area contributed by atoms with Crippen molar-refractivity contribution in [2.75, 3.05) is 26.2 Å². The maximum Gasteiger partial charge on any atom is 0.124 e. The Hall–Kier alpha value is -0.160. The third-order valence-corrected chi connectivity index (χ3v) is 4.15. The minimum atomic E-state index is -0.152. The van der Waals surface area contributed by atoms with Crippen LogP contribution >= 0.6 is 28.3 Å². The summed E-state index contributed by atoms with van der Waals surface area (Å²) in [6, 6.07) is 5.62. The van der Waals surface area contributed by atoms with Crippen LogP contribution < -0.4 is 5.32 Å². The highest BCUT2D eigenvalue weighted by Crippen LogP contribution is 2.29. The van der Waals surface area contributed by atoms with Crippen molar-refractivity contribution < 1.29 is 4.39 Å². The Morgan fingerprint density at radius 3 is 2.60 bits per heavy atom. The van der Waals surface area contributed by atoms with Gasteiger partial charge in [0, 0.05) is 36.7 Å². The monoisotopic (exact) mass is 364 g/mol. The molecule has 20 heavy (non-hydrogen) atoms. The van der Waals surface area contributed by atoms with Gasteiger partial charge in [0.25, 0.3) is 0 Å². The van der Waals surface area contributed by atoms with Crippen molar-refractivity contribution >= 4 is 28.3 Å². The minimum Gasteiger partial charge on any atom is -0.314 e. The third-order valence-electron chi connectivity index (χ3n) is 3.69. The fourth-order valence-corrected chi connectivity index (χ4v) is 3.20. The zero-order valence-corrected chi connectivity index (χ0v) is 14.3. The predicted molar refractivity (Wildman–Crippen MR) is 88.1 cm³/mol. The number of hydrogen-bond donors (Lipinski definition) is 1. The summed E-state index contributed by atoms with van der Waals surface area (Å²) in [6.45, 7) is 6.35. The van der Waals surface area contributed by atoms with Gasteiger partial charge in [0.1, 0.15) is 5.82 Å². The molecule has 1 N–H and O–H groups in total. The Bertz CT molecular complexity index is 391. The topological polar surface area (TPSA) is 15.3 Å². The summed E-state index contributed by atoms with van der Waals surface area (Å²) in [5, 5.41) is 3.37. The summed E-state index contributed by atoms with van der Waals surface area (Å²) in [4.78, 5) is 2.48. The SMILES string of the molecule is CCCC[C@H](c1cc(F)cc(Br)c1)N1CCNCC1.Cl. The van der Waals surface area contributed by atoms with E-state index in [-0.39, 0.29) is 18.2 Å². The lowest BCUT2D eigenvalue weighted by Crippen LogP contribution is -2.45. The van der Waals surface area contributed by atoms with Crippen molar-refractivity contribution in [3.8, 4) is 0 Å². The van der Waals surface area contributed by atoms with E-state index in [9.17, 15) is 4.39 Å². The molecule has 1 heterocycles. The Morgan fingerprint density at radius 1 is 1.30 bits per heavy atom. The van der Waals surface area contributed by atoms with Gasteiger partial charge >= 0.3 is 0 Å². The number of benzene rings is 1. The Morgan fingerprint density at radius 2 is 2.00 bits per heavy atom. The van der Waals surface area contributed by atoms with Gasteiger partial charge in [-0.05, 0) is 30.2 Å². The molecular weight excluding hydrogens is 343 g/mol. The molecule has 0 aromatic heterocycles. The Balaban J connectivity index is 0.00000200. The average molecular weight is 366 g/mol. The molecule has 0 radical (unpaired) electrons. The normalized spacial score (nSPS) is 17.6. The minimum absolute atomic E-state index is 0. The van der Waals surface area contributed by atoms with Crippen molar-refractivity contribution in [2.24, 2.45) is 0 Å². The van der Waals surface area contributed by atoms with E-state index in [2.05, 4.69) is 39.1 Å². The largest absolute Gasteiger partial charge is 0.314 e. The van der Waals surface area contributed by atoms with Crippen molar-refractivity contribution in [3.63, 3.8) is 0 Å². The van der Waals surface area contributed by atoms with Crippen molar-refractivity contribution in [2.45, 2.75) is 32.2 Å². The van der Waals surface area contributed by atoms with Gasteiger partial charge in [-0.2, -0.15) is 0 Å². The van der Waals surface area contributed by atoms with E-state index in [0.717, 1.165) is 42.6 Å². The van der Waals surface area contributed by atoms with Crippen LogP contribution in [0.25, 0.3) is 0 Å². The van der Waals surface area contributed by atoms with Gasteiger partial charge in [-0.25, -0.2) is 4.39 Å². The molecule has 0 spiro atoms. The van der Waals surface area contributed by atoms with Crippen molar-refractivity contribution in [1.82, 2.24) is 10.2 Å². The zero-order valence-electron chi connectivity index (χ0n) is 11.9. The van der Waals surface area contributed by atoms with Crippen LogP contribution in [-0.4, -0.2) is 31.1 Å². The van der Waals surface area contributed by atoms with Gasteiger partial charge in [0.2, 0.25) is 0 Å². The van der Waals surface area contributed by atoms with Crippen molar-refractivity contribution in [1.29, 1.82) is 0 Å². The van der Waals surface area contributed by atoms with Crippen LogP contribution in [0.3, 0.4) is 0 Å². The molecule has 1 fully saturated rings. The van der Waals surface area contributed by atoms with E-state index in [0.29, 0.717) is 6.04 Å². The highest BCUT2D eigenvalue weighted by molar-refractivity contribution is 9.10. The first-order valence-corrected chi connectivity index (χ1v) is 7.90. The van der Waals surface area contributed by atoms with E-state index < -0.39 is 0 Å². The molecule has 0 amide bonds. The number of rotatable bonds is 5. The number of halogens is 3. The lowest BCUT2D eigenvalue weighted by Gasteiger charge is -2.35. The van der Waals surface area contributed by atoms with E-state index in [1.165, 1.54) is 18.9 Å². The van der Waals surface area contributed by atoms with E-state index in [4.69, 9.17) is 0 Å². The van der Waals surface area contributed by atoms with E-state index >= 15 is 0 Å². The molecule has 1 aliphatic rings. The van der Waals surface area contributed by atoms with E-state index in [1.807, 2.05) is 0 Å². The molecule has 0 bridgehead atoms. The maximum atomic E-state index is 13.6. The standard InChI is InChI=1S/C15H22BrFN2.ClH/c1-2-3-4-15(19-7-5-18-6-8-19)12-9-13(16)11-14(17)10-12;/h9-11,15,18H,2-8H2,1H3;1H/t15-;/m1./s1.